The van der Waals surface area contributed by atoms with Crippen LogP contribution in [-0.4, -0.2) is 42.5 Å². The Morgan fingerprint density at radius 3 is 2.56 bits per heavy atom. The van der Waals surface area contributed by atoms with Crippen molar-refractivity contribution in [1.29, 1.82) is 0 Å². The molecule has 16 heavy (non-hydrogen) atoms. The van der Waals surface area contributed by atoms with Crippen LogP contribution in [0.5, 0.6) is 0 Å². The third kappa shape index (κ3) is 6.83. The van der Waals surface area contributed by atoms with Gasteiger partial charge in [-0.15, -0.1) is 0 Å². The molecule has 2 N–H and O–H groups in total. The van der Waals surface area contributed by atoms with E-state index in [9.17, 15) is 9.59 Å². The molecule has 6 nitrogen and oxygen atoms in total. The van der Waals surface area contributed by atoms with Gasteiger partial charge in [-0.05, 0) is 13.8 Å². The second-order valence-corrected chi connectivity index (χ2v) is 3.30. The molecule has 0 bridgehead atoms. The van der Waals surface area contributed by atoms with E-state index in [1.807, 2.05) is 0 Å². The molecule has 0 fully saturated rings. The van der Waals surface area contributed by atoms with Crippen molar-refractivity contribution in [2.45, 2.75) is 26.0 Å². The molecule has 0 aliphatic carbocycles. The van der Waals surface area contributed by atoms with Gasteiger partial charge in [0.2, 0.25) is 0 Å². The van der Waals surface area contributed by atoms with Gasteiger partial charge in [0.25, 0.3) is 0 Å². The van der Waals surface area contributed by atoms with E-state index in [-0.39, 0.29) is 19.3 Å². The number of alkyl carbamates (subject to hydrolysis) is 1. The van der Waals surface area contributed by atoms with E-state index in [2.05, 4.69) is 16.6 Å². The van der Waals surface area contributed by atoms with Crippen molar-refractivity contribution in [3.8, 4) is 0 Å². The lowest BCUT2D eigenvalue weighted by Crippen LogP contribution is -2.44. The lowest BCUT2D eigenvalue weighted by atomic mass is 10.3. The van der Waals surface area contributed by atoms with Crippen LogP contribution < -0.4 is 5.32 Å². The van der Waals surface area contributed by atoms with Crippen molar-refractivity contribution in [2.75, 3.05) is 13.2 Å². The van der Waals surface area contributed by atoms with E-state index in [0.717, 1.165) is 0 Å². The van der Waals surface area contributed by atoms with E-state index < -0.39 is 18.1 Å². The Bertz CT molecular complexity index is 252. The number of hydrogen-bond acceptors (Lipinski definition) is 4. The minimum atomic E-state index is -1.17. The third-order valence-corrected chi connectivity index (χ3v) is 1.52. The smallest absolute Gasteiger partial charge is 0.408 e. The van der Waals surface area contributed by atoms with Crippen LogP contribution in [0.4, 0.5) is 4.79 Å². The Morgan fingerprint density at radius 2 is 2.12 bits per heavy atom. The summed E-state index contributed by atoms with van der Waals surface area (Å²) in [6.45, 7) is 6.84. The lowest BCUT2D eigenvalue weighted by Gasteiger charge is -2.15. The van der Waals surface area contributed by atoms with E-state index in [1.54, 1.807) is 13.8 Å². The largest absolute Gasteiger partial charge is 0.480 e. The molecule has 1 amide bonds. The Morgan fingerprint density at radius 1 is 1.50 bits per heavy atom. The fourth-order valence-electron chi connectivity index (χ4n) is 0.782. The molecule has 0 aromatic carbocycles. The summed E-state index contributed by atoms with van der Waals surface area (Å²) in [5.41, 5.74) is 0. The summed E-state index contributed by atoms with van der Waals surface area (Å²) in [7, 11) is 0. The second-order valence-electron chi connectivity index (χ2n) is 3.30. The molecule has 0 saturated heterocycles. The quantitative estimate of drug-likeness (QED) is 0.632. The molecule has 92 valence electrons. The molecular weight excluding hydrogens is 214 g/mol. The number of hydrogen-bond donors (Lipinski definition) is 2. The first-order valence-corrected chi connectivity index (χ1v) is 4.86. The summed E-state index contributed by atoms with van der Waals surface area (Å²) in [6.07, 6.45) is 0.479. The summed E-state index contributed by atoms with van der Waals surface area (Å²) >= 11 is 0. The zero-order valence-corrected chi connectivity index (χ0v) is 9.43. The SMILES string of the molecule is C=CCOC(=O)N[C@@H](COC(C)C)C(=O)O. The van der Waals surface area contributed by atoms with Gasteiger partial charge in [0.1, 0.15) is 6.61 Å². The first-order valence-electron chi connectivity index (χ1n) is 4.86. The van der Waals surface area contributed by atoms with Gasteiger partial charge in [-0.25, -0.2) is 9.59 Å². The molecule has 0 aliphatic heterocycles. The van der Waals surface area contributed by atoms with Crippen LogP contribution in [0.15, 0.2) is 12.7 Å². The maximum Gasteiger partial charge on any atom is 0.408 e. The van der Waals surface area contributed by atoms with E-state index in [1.165, 1.54) is 6.08 Å². The molecule has 0 aromatic heterocycles. The Hall–Kier alpha value is -1.56. The maximum atomic E-state index is 11.1. The first-order chi connectivity index (χ1) is 7.47. The van der Waals surface area contributed by atoms with Gasteiger partial charge in [-0.3, -0.25) is 0 Å². The van der Waals surface area contributed by atoms with Gasteiger partial charge >= 0.3 is 12.1 Å². The molecule has 0 aliphatic rings. The highest BCUT2D eigenvalue weighted by Crippen LogP contribution is 1.93. The number of carbonyl (C=O) groups excluding carboxylic acids is 1. The minimum absolute atomic E-state index is 0.0310. The molecular formula is C10H17NO5. The molecule has 0 aromatic rings. The zero-order valence-electron chi connectivity index (χ0n) is 9.43. The monoisotopic (exact) mass is 231 g/mol. The third-order valence-electron chi connectivity index (χ3n) is 1.52. The predicted molar refractivity (Wildman–Crippen MR) is 57.2 cm³/mol. The highest BCUT2D eigenvalue weighted by Gasteiger charge is 2.21. The normalized spacial score (nSPS) is 11.9. The van der Waals surface area contributed by atoms with Crippen molar-refractivity contribution < 1.29 is 24.2 Å². The molecule has 0 heterocycles. The predicted octanol–water partition coefficient (Wildman–Crippen LogP) is 0.777. The molecule has 1 atom stereocenters. The topological polar surface area (TPSA) is 84.9 Å². The number of carboxylic acid groups (broad SMARTS) is 1. The van der Waals surface area contributed by atoms with Gasteiger partial charge in [0, 0.05) is 0 Å². The summed E-state index contributed by atoms with van der Waals surface area (Å²) in [6, 6.07) is -1.11. The van der Waals surface area contributed by atoms with Gasteiger partial charge in [-0.1, -0.05) is 12.7 Å². The van der Waals surface area contributed by atoms with Gasteiger partial charge in [-0.2, -0.15) is 0 Å². The van der Waals surface area contributed by atoms with Crippen molar-refractivity contribution in [2.24, 2.45) is 0 Å². The van der Waals surface area contributed by atoms with Crippen LogP contribution in [0.1, 0.15) is 13.8 Å². The number of aliphatic carboxylic acids is 1. The average molecular weight is 231 g/mol. The number of rotatable bonds is 7. The number of ether oxygens (including phenoxy) is 2. The van der Waals surface area contributed by atoms with E-state index in [4.69, 9.17) is 9.84 Å². The summed E-state index contributed by atoms with van der Waals surface area (Å²) in [4.78, 5) is 21.8. The van der Waals surface area contributed by atoms with Crippen molar-refractivity contribution in [1.82, 2.24) is 5.32 Å². The lowest BCUT2D eigenvalue weighted by molar-refractivity contribution is -0.141. The number of amides is 1. The van der Waals surface area contributed by atoms with E-state index in [0.29, 0.717) is 0 Å². The number of carbonyl (C=O) groups is 2. The fraction of sp³-hybridized carbons (Fsp3) is 0.600. The van der Waals surface area contributed by atoms with Crippen LogP contribution >= 0.6 is 0 Å². The first kappa shape index (κ1) is 14.4. The Balaban J connectivity index is 4.07. The average Bonchev–Trinajstić information content (AvgIpc) is 2.20. The van der Waals surface area contributed by atoms with Crippen molar-refractivity contribution in [3.63, 3.8) is 0 Å². The Kier molecular flexibility index (Phi) is 6.95. The molecule has 0 rings (SSSR count). The summed E-state index contributed by atoms with van der Waals surface area (Å²) in [5.74, 6) is -1.17. The number of carboxylic acids is 1. The molecule has 0 saturated carbocycles. The van der Waals surface area contributed by atoms with Gasteiger partial charge in [0.15, 0.2) is 6.04 Å². The standard InChI is InChI=1S/C10H17NO5/c1-4-5-15-10(14)11-8(9(12)13)6-16-7(2)3/h4,7-8H,1,5-6H2,2-3H3,(H,11,14)(H,12,13)/t8-/m0/s1. The highest BCUT2D eigenvalue weighted by atomic mass is 16.5. The number of nitrogens with one attached hydrogen (secondary N) is 1. The van der Waals surface area contributed by atoms with E-state index >= 15 is 0 Å². The Labute approximate surface area is 94.2 Å². The fourth-order valence-corrected chi connectivity index (χ4v) is 0.782. The second kappa shape index (κ2) is 7.70. The summed E-state index contributed by atoms with van der Waals surface area (Å²) < 4.78 is 9.69. The van der Waals surface area contributed by atoms with Crippen LogP contribution in [0.25, 0.3) is 0 Å². The zero-order chi connectivity index (χ0) is 12.6. The van der Waals surface area contributed by atoms with Crippen LogP contribution in [-0.2, 0) is 14.3 Å². The maximum absolute atomic E-state index is 11.1. The molecule has 0 spiro atoms. The van der Waals surface area contributed by atoms with Gasteiger partial charge in [0.05, 0.1) is 12.7 Å². The van der Waals surface area contributed by atoms with Crippen LogP contribution in [0, 0.1) is 0 Å². The molecule has 0 radical (unpaired) electrons. The van der Waals surface area contributed by atoms with Crippen LogP contribution in [0.3, 0.4) is 0 Å². The minimum Gasteiger partial charge on any atom is -0.480 e. The van der Waals surface area contributed by atoms with Gasteiger partial charge < -0.3 is 19.9 Å². The molecule has 6 heteroatoms. The van der Waals surface area contributed by atoms with Crippen molar-refractivity contribution >= 4 is 12.1 Å². The van der Waals surface area contributed by atoms with Crippen molar-refractivity contribution in [3.05, 3.63) is 12.7 Å². The summed E-state index contributed by atoms with van der Waals surface area (Å²) in [5, 5.41) is 11.0. The molecule has 0 unspecified atom stereocenters. The highest BCUT2D eigenvalue weighted by molar-refractivity contribution is 5.80. The van der Waals surface area contributed by atoms with Crippen LogP contribution in [0.2, 0.25) is 0 Å².